The van der Waals surface area contributed by atoms with Gasteiger partial charge >= 0.3 is 0 Å². The molecule has 0 saturated heterocycles. The second-order valence-corrected chi connectivity index (χ2v) is 3.98. The van der Waals surface area contributed by atoms with Crippen LogP contribution in [0, 0.1) is 13.8 Å². The largest absolute Gasteiger partial charge is 0.506 e. The third-order valence-corrected chi connectivity index (χ3v) is 2.23. The van der Waals surface area contributed by atoms with Crippen molar-refractivity contribution in [1.82, 2.24) is 0 Å². The van der Waals surface area contributed by atoms with Crippen LogP contribution in [0.1, 0.15) is 11.1 Å². The molecular weight excluding hydrogens is 268 g/mol. The predicted octanol–water partition coefficient (Wildman–Crippen LogP) is 2.49. The van der Waals surface area contributed by atoms with E-state index in [1.165, 1.54) is 5.56 Å². The van der Waals surface area contributed by atoms with E-state index < -0.39 is 0 Å². The number of aromatic hydroxyl groups is 1. The summed E-state index contributed by atoms with van der Waals surface area (Å²) in [7, 11) is 0. The highest BCUT2D eigenvalue weighted by Crippen LogP contribution is 2.19. The molecule has 114 valence electrons. The monoisotopic (exact) mass is 290 g/mol. The van der Waals surface area contributed by atoms with Crippen molar-refractivity contribution in [2.75, 3.05) is 11.5 Å². The molecule has 0 fully saturated rings. The Balaban J connectivity index is 0. The molecule has 0 heterocycles. The number of hydrogen-bond acceptors (Lipinski definition) is 5. The van der Waals surface area contributed by atoms with Crippen LogP contribution in [0.3, 0.4) is 0 Å². The van der Waals surface area contributed by atoms with Gasteiger partial charge in [0.15, 0.2) is 0 Å². The van der Waals surface area contributed by atoms with Crippen LogP contribution < -0.4 is 11.5 Å². The van der Waals surface area contributed by atoms with Crippen molar-refractivity contribution in [2.24, 2.45) is 0 Å². The van der Waals surface area contributed by atoms with E-state index in [4.69, 9.17) is 26.2 Å². The summed E-state index contributed by atoms with van der Waals surface area (Å²) in [6.07, 6.45) is 0. The lowest BCUT2D eigenvalue weighted by Crippen LogP contribution is -1.85. The maximum Gasteiger partial charge on any atom is 0.138 e. The summed E-state index contributed by atoms with van der Waals surface area (Å²) in [5.74, 6) is 0.153. The first-order chi connectivity index (χ1) is 9.99. The molecule has 0 atom stereocenters. The van der Waals surface area contributed by atoms with E-state index in [2.05, 4.69) is 0 Å². The molecule has 2 aromatic rings. The van der Waals surface area contributed by atoms with E-state index in [1.807, 2.05) is 57.8 Å². The van der Waals surface area contributed by atoms with Crippen LogP contribution in [0.2, 0.25) is 0 Å². The average Bonchev–Trinajstić information content (AvgIpc) is 2.48. The van der Waals surface area contributed by atoms with Gasteiger partial charge in [0.2, 0.25) is 0 Å². The topological polar surface area (TPSA) is 106 Å². The minimum absolute atomic E-state index is 0.153. The highest BCUT2D eigenvalue weighted by molar-refractivity contribution is 5.52. The molecule has 21 heavy (non-hydrogen) atoms. The molecule has 0 aliphatic rings. The molecule has 0 aliphatic heterocycles. The number of benzene rings is 2. The summed E-state index contributed by atoms with van der Waals surface area (Å²) < 4.78 is 0. The number of carbonyl (C=O) groups is 2. The molecule has 0 spiro atoms. The summed E-state index contributed by atoms with van der Waals surface area (Å²) in [6, 6.07) is 12.9. The van der Waals surface area contributed by atoms with Crippen molar-refractivity contribution in [2.45, 2.75) is 13.8 Å². The molecule has 5 nitrogen and oxygen atoms in total. The number of nitrogen functional groups attached to an aromatic ring is 2. The Morgan fingerprint density at radius 1 is 0.857 bits per heavy atom. The maximum absolute atomic E-state index is 8.92. The number of phenolic OH excluding ortho intramolecular Hbond substituents is 1. The number of aryl methyl sites for hydroxylation is 2. The molecule has 0 amide bonds. The van der Waals surface area contributed by atoms with Crippen LogP contribution in [-0.4, -0.2) is 18.7 Å². The van der Waals surface area contributed by atoms with Gasteiger partial charge in [0.1, 0.15) is 19.3 Å². The van der Waals surface area contributed by atoms with Crippen LogP contribution in [0.25, 0.3) is 0 Å². The Morgan fingerprint density at radius 2 is 1.38 bits per heavy atom. The first kappa shape index (κ1) is 20.5. The minimum atomic E-state index is 0.153. The third-order valence-electron chi connectivity index (χ3n) is 2.23. The summed E-state index contributed by atoms with van der Waals surface area (Å²) >= 11 is 0. The lowest BCUT2D eigenvalue weighted by Gasteiger charge is -1.97. The zero-order valence-corrected chi connectivity index (χ0v) is 12.4. The first-order valence-corrected chi connectivity index (χ1v) is 5.94. The Hall–Kier alpha value is -2.82. The van der Waals surface area contributed by atoms with Gasteiger partial charge in [-0.15, -0.1) is 0 Å². The molecule has 0 aliphatic carbocycles. The number of hydrogen-bond donors (Lipinski definition) is 3. The number of rotatable bonds is 0. The van der Waals surface area contributed by atoms with Crippen molar-refractivity contribution in [3.8, 4) is 5.75 Å². The summed E-state index contributed by atoms with van der Waals surface area (Å²) in [5, 5.41) is 8.92. The van der Waals surface area contributed by atoms with Crippen molar-refractivity contribution in [1.29, 1.82) is 0 Å². The summed E-state index contributed by atoms with van der Waals surface area (Å²) in [5.41, 5.74) is 14.4. The Kier molecular flexibility index (Phi) is 11.9. The highest BCUT2D eigenvalue weighted by Gasteiger charge is 1.92. The van der Waals surface area contributed by atoms with Crippen LogP contribution >= 0.6 is 0 Å². The van der Waals surface area contributed by atoms with Crippen molar-refractivity contribution in [3.05, 3.63) is 53.6 Å². The van der Waals surface area contributed by atoms with Crippen LogP contribution in [-0.2, 0) is 9.59 Å². The van der Waals surface area contributed by atoms with Gasteiger partial charge in [0, 0.05) is 5.69 Å². The fourth-order valence-electron chi connectivity index (χ4n) is 1.34. The summed E-state index contributed by atoms with van der Waals surface area (Å²) in [4.78, 5) is 16.0. The molecule has 0 radical (unpaired) electrons. The smallest absolute Gasteiger partial charge is 0.138 e. The van der Waals surface area contributed by atoms with E-state index in [9.17, 15) is 0 Å². The van der Waals surface area contributed by atoms with E-state index >= 15 is 0 Å². The van der Waals surface area contributed by atoms with E-state index in [-0.39, 0.29) is 5.75 Å². The lowest BCUT2D eigenvalue weighted by molar-refractivity contribution is -0.0987. The quantitative estimate of drug-likeness (QED) is 0.510. The average molecular weight is 290 g/mol. The van der Waals surface area contributed by atoms with Gasteiger partial charge in [-0.2, -0.15) is 0 Å². The van der Waals surface area contributed by atoms with E-state index in [0.717, 1.165) is 11.3 Å². The van der Waals surface area contributed by atoms with Gasteiger partial charge < -0.3 is 26.2 Å². The van der Waals surface area contributed by atoms with Crippen LogP contribution in [0.5, 0.6) is 5.75 Å². The lowest BCUT2D eigenvalue weighted by atomic mass is 10.2. The van der Waals surface area contributed by atoms with Crippen LogP contribution in [0.15, 0.2) is 42.5 Å². The molecule has 5 N–H and O–H groups in total. The van der Waals surface area contributed by atoms with Gasteiger partial charge in [0.25, 0.3) is 0 Å². The number of nitrogens with two attached hydrogens (primary N) is 2. The van der Waals surface area contributed by atoms with Crippen LogP contribution in [0.4, 0.5) is 11.4 Å². The number of carbonyl (C=O) groups excluding carboxylic acids is 2. The number of anilines is 2. The Morgan fingerprint density at radius 3 is 1.71 bits per heavy atom. The van der Waals surface area contributed by atoms with Crippen molar-refractivity contribution < 1.29 is 14.7 Å². The molecule has 2 rings (SSSR count). The third kappa shape index (κ3) is 9.72. The van der Waals surface area contributed by atoms with E-state index in [0.29, 0.717) is 5.69 Å². The molecule has 0 unspecified atom stereocenters. The second-order valence-electron chi connectivity index (χ2n) is 3.98. The number of phenols is 1. The molecular formula is C16H22N2O3. The van der Waals surface area contributed by atoms with Gasteiger partial charge in [0.05, 0.1) is 5.69 Å². The summed E-state index contributed by atoms with van der Waals surface area (Å²) in [6.45, 7) is 7.95. The van der Waals surface area contributed by atoms with Gasteiger partial charge in [-0.25, -0.2) is 0 Å². The molecule has 0 aromatic heterocycles. The standard InChI is InChI=1S/C7H9NO.C7H9N.2CH2O/c1-5-2-3-7(9)6(8)4-5;1-6-3-2-4-7(8)5-6;2*1-2/h2-4,9H,8H2,1H3;2-5H,8H2,1H3;2*1H2. The molecule has 5 heteroatoms. The highest BCUT2D eigenvalue weighted by atomic mass is 16.3. The normalized spacial score (nSPS) is 7.90. The Bertz CT molecular complexity index is 511. The Labute approximate surface area is 125 Å². The fourth-order valence-corrected chi connectivity index (χ4v) is 1.34. The van der Waals surface area contributed by atoms with Gasteiger partial charge in [-0.3, -0.25) is 0 Å². The molecule has 2 aromatic carbocycles. The second kappa shape index (κ2) is 12.2. The zero-order valence-electron chi connectivity index (χ0n) is 12.4. The van der Waals surface area contributed by atoms with Crippen molar-refractivity contribution in [3.63, 3.8) is 0 Å². The zero-order chi connectivity index (χ0) is 16.8. The molecule has 0 bridgehead atoms. The molecule has 0 saturated carbocycles. The fraction of sp³-hybridized carbons (Fsp3) is 0.125. The van der Waals surface area contributed by atoms with Crippen molar-refractivity contribution >= 4 is 25.0 Å². The minimum Gasteiger partial charge on any atom is -0.506 e. The van der Waals surface area contributed by atoms with Gasteiger partial charge in [-0.05, 0) is 49.2 Å². The SMILES string of the molecule is C=O.C=O.Cc1ccc(O)c(N)c1.Cc1cccc(N)c1. The first-order valence-electron chi connectivity index (χ1n) is 5.94. The maximum atomic E-state index is 8.92. The van der Waals surface area contributed by atoms with Gasteiger partial charge in [-0.1, -0.05) is 18.2 Å². The predicted molar refractivity (Wildman–Crippen MR) is 87.1 cm³/mol. The van der Waals surface area contributed by atoms with E-state index in [1.54, 1.807) is 12.1 Å².